The first kappa shape index (κ1) is 77.1. The second kappa shape index (κ2) is 37.6. The van der Waals surface area contributed by atoms with Crippen LogP contribution in [0.1, 0.15) is 158 Å². The highest BCUT2D eigenvalue weighted by Gasteiger charge is 2.42. The van der Waals surface area contributed by atoms with Crippen LogP contribution in [0, 0.1) is 0 Å². The maximum atomic E-state index is 14.1. The number of aliphatic hydroxyl groups excluding tert-OH is 1. The Hall–Kier alpha value is -9.88. The molecule has 19 heteroatoms. The van der Waals surface area contributed by atoms with E-state index in [1.165, 1.54) is 19.1 Å². The molecule has 2 amide bonds. The number of carboxylic acid groups (broad SMARTS) is 1. The van der Waals surface area contributed by atoms with Gasteiger partial charge in [0, 0.05) is 31.8 Å². The summed E-state index contributed by atoms with van der Waals surface area (Å²) in [6, 6.07) is 54.4. The molecule has 8 rings (SSSR count). The number of hydrogen-bond donors (Lipinski definition) is 2. The lowest BCUT2D eigenvalue weighted by Crippen LogP contribution is -2.43. The minimum absolute atomic E-state index is 0.00547. The van der Waals surface area contributed by atoms with Gasteiger partial charge in [-0.25, -0.2) is 9.69 Å². The summed E-state index contributed by atoms with van der Waals surface area (Å²) in [5.41, 5.74) is 4.35. The van der Waals surface area contributed by atoms with Crippen LogP contribution in [0.25, 0.3) is 0 Å². The molecule has 7 aromatic rings. The van der Waals surface area contributed by atoms with E-state index in [9.17, 15) is 39.0 Å². The Balaban J connectivity index is 0.000000239. The first-order valence-electron chi connectivity index (χ1n) is 32.7. The van der Waals surface area contributed by atoms with Gasteiger partial charge in [-0.15, -0.1) is 0 Å². The maximum Gasteiger partial charge on any atom is 0.417 e. The Labute approximate surface area is 576 Å². The van der Waals surface area contributed by atoms with Crippen LogP contribution in [0.4, 0.5) is 4.79 Å². The molecule has 19 nitrogen and oxygen atoms in total. The topological polar surface area (TPSA) is 238 Å². The van der Waals surface area contributed by atoms with E-state index >= 15 is 0 Å². The first-order chi connectivity index (χ1) is 46.7. The number of rotatable bonds is 29. The summed E-state index contributed by atoms with van der Waals surface area (Å²) >= 11 is 0. The van der Waals surface area contributed by atoms with Crippen LogP contribution in [-0.2, 0) is 69.2 Å². The molecule has 1 aliphatic heterocycles. The quantitative estimate of drug-likeness (QED) is 0.0327. The average molecular weight is 1350 g/mol. The van der Waals surface area contributed by atoms with Crippen LogP contribution < -0.4 is 28.4 Å². The third-order valence-electron chi connectivity index (χ3n) is 15.1. The molecule has 0 bridgehead atoms. The Morgan fingerprint density at radius 1 is 0.459 bits per heavy atom. The number of ether oxygens (including phenoxy) is 10. The predicted molar refractivity (Wildman–Crippen MR) is 372 cm³/mol. The molecule has 1 fully saturated rings. The van der Waals surface area contributed by atoms with E-state index in [1.807, 2.05) is 160 Å². The summed E-state index contributed by atoms with van der Waals surface area (Å²) in [6.07, 6.45) is 0.813. The lowest BCUT2D eigenvalue weighted by molar-refractivity contribution is -0.156. The average Bonchev–Trinajstić information content (AvgIpc) is 1.54. The van der Waals surface area contributed by atoms with Gasteiger partial charge >= 0.3 is 30.0 Å². The van der Waals surface area contributed by atoms with Crippen molar-refractivity contribution in [3.8, 4) is 34.5 Å². The van der Waals surface area contributed by atoms with Gasteiger partial charge in [-0.05, 0) is 163 Å². The summed E-state index contributed by atoms with van der Waals surface area (Å²) in [5.74, 6) is -1.21. The molecule has 98 heavy (non-hydrogen) atoms. The van der Waals surface area contributed by atoms with Crippen molar-refractivity contribution < 1.29 is 86.3 Å². The molecule has 1 saturated heterocycles. The molecule has 0 spiro atoms. The molecule has 0 unspecified atom stereocenters. The van der Waals surface area contributed by atoms with E-state index in [1.54, 1.807) is 85.1 Å². The van der Waals surface area contributed by atoms with Gasteiger partial charge in [-0.2, -0.15) is 0 Å². The van der Waals surface area contributed by atoms with Gasteiger partial charge in [0.2, 0.25) is 5.91 Å². The molecule has 0 saturated carbocycles. The van der Waals surface area contributed by atoms with Gasteiger partial charge < -0.3 is 57.6 Å². The van der Waals surface area contributed by atoms with Crippen LogP contribution in [0.15, 0.2) is 176 Å². The Kier molecular flexibility index (Phi) is 29.6. The molecule has 1 aliphatic rings. The van der Waals surface area contributed by atoms with Crippen LogP contribution in [0.2, 0.25) is 0 Å². The van der Waals surface area contributed by atoms with E-state index in [2.05, 4.69) is 0 Å². The van der Waals surface area contributed by atoms with E-state index in [4.69, 9.17) is 47.4 Å². The molecule has 0 radical (unpaired) electrons. The largest absolute Gasteiger partial charge is 0.493 e. The van der Waals surface area contributed by atoms with Crippen LogP contribution in [0.3, 0.4) is 0 Å². The number of amides is 2. The minimum atomic E-state index is -1.01. The van der Waals surface area contributed by atoms with Gasteiger partial charge in [0.25, 0.3) is 0 Å². The van der Waals surface area contributed by atoms with Crippen LogP contribution in [-0.4, -0.2) is 108 Å². The lowest BCUT2D eigenvalue weighted by Gasteiger charge is -2.26. The fourth-order valence-electron chi connectivity index (χ4n) is 10.5. The number of aliphatic hydroxyl groups is 1. The zero-order chi connectivity index (χ0) is 71.4. The van der Waals surface area contributed by atoms with Crippen molar-refractivity contribution in [3.63, 3.8) is 0 Å². The standard InChI is InChI=1S/C33H37NO7.C23H28O6.C23H30O5/c1-33(2,3)41-30(35)18-16-27(31(36)34-26(22-40-32(34)37)19-23-11-7-5-8-12-23)25-15-17-28(29(20-25)38-4)39-21-24-13-9-6-10-14-24;1-23(2,3)29-21(24)13-11-18(22(25)26)17-10-12-19(20(14-17)27-4)28-15-16-8-6-5-7-9-16;1-23(2,3)28-22(25)13-11-19(15-24)18-10-12-20(21(14-18)26-4)27-16-17-8-6-5-7-9-17/h5-15,17,20,26-27H,16,18-19,21-22H2,1-4H3;5-10,12,14,18H,11,13,15H2,1-4H3,(H,25,26);5-10,12,14,19,24H,11,13,15-16H2,1-4H3/t26-,27-;18-;19-/m001/s1. The molecule has 524 valence electrons. The summed E-state index contributed by atoms with van der Waals surface area (Å²) in [5, 5.41) is 19.4. The Morgan fingerprint density at radius 3 is 1.15 bits per heavy atom. The van der Waals surface area contributed by atoms with Gasteiger partial charge in [0.05, 0.1) is 39.2 Å². The van der Waals surface area contributed by atoms with Crippen molar-refractivity contribution in [1.29, 1.82) is 0 Å². The zero-order valence-corrected chi connectivity index (χ0v) is 58.4. The number of imide groups is 1. The van der Waals surface area contributed by atoms with Crippen molar-refractivity contribution in [3.05, 3.63) is 215 Å². The van der Waals surface area contributed by atoms with Crippen LogP contribution >= 0.6 is 0 Å². The highest BCUT2D eigenvalue weighted by atomic mass is 16.6. The number of aliphatic carboxylic acids is 1. The number of hydrogen-bond acceptors (Lipinski definition) is 17. The predicted octanol–water partition coefficient (Wildman–Crippen LogP) is 15.1. The third kappa shape index (κ3) is 25.9. The summed E-state index contributed by atoms with van der Waals surface area (Å²) in [4.78, 5) is 76.4. The smallest absolute Gasteiger partial charge is 0.417 e. The van der Waals surface area contributed by atoms with E-state index in [0.717, 1.165) is 27.8 Å². The number of benzene rings is 7. The number of cyclic esters (lactones) is 1. The monoisotopic (exact) mass is 1350 g/mol. The fourth-order valence-corrected chi connectivity index (χ4v) is 10.5. The normalized spacial score (nSPS) is 13.7. The van der Waals surface area contributed by atoms with Crippen molar-refractivity contribution in [2.24, 2.45) is 0 Å². The maximum absolute atomic E-state index is 14.1. The second-order valence-corrected chi connectivity index (χ2v) is 26.4. The molecule has 0 aliphatic carbocycles. The fraction of sp³-hybridized carbons (Fsp3) is 0.392. The van der Waals surface area contributed by atoms with Crippen molar-refractivity contribution in [2.75, 3.05) is 34.5 Å². The number of carboxylic acids is 1. The number of carbonyl (C=O) groups excluding carboxylic acids is 5. The second-order valence-electron chi connectivity index (χ2n) is 26.4. The zero-order valence-electron chi connectivity index (χ0n) is 58.4. The number of esters is 3. The molecule has 2 N–H and O–H groups in total. The van der Waals surface area contributed by atoms with E-state index in [0.29, 0.717) is 78.3 Å². The highest BCUT2D eigenvalue weighted by Crippen LogP contribution is 2.38. The number of carbonyl (C=O) groups is 6. The SMILES string of the molecule is COc1cc([C@@H](CO)CCC(=O)OC(C)(C)C)ccc1OCc1ccccc1.COc1cc([C@H](CCC(=O)OC(C)(C)C)C(=O)N2C(=O)OC[C@@H]2Cc2ccccc2)ccc1OCc1ccccc1.COc1cc([C@H](CCC(=O)OC(C)(C)C)C(=O)O)ccc1OCc1ccccc1. The summed E-state index contributed by atoms with van der Waals surface area (Å²) in [7, 11) is 4.62. The van der Waals surface area contributed by atoms with Crippen molar-refractivity contribution >= 4 is 35.9 Å². The van der Waals surface area contributed by atoms with Gasteiger partial charge in [0.1, 0.15) is 43.2 Å². The molecule has 4 atom stereocenters. The number of methoxy groups -OCH3 is 3. The Bertz CT molecular complexity index is 3650. The first-order valence-corrected chi connectivity index (χ1v) is 32.7. The molecule has 1 heterocycles. The lowest BCUT2D eigenvalue weighted by atomic mass is 9.91. The van der Waals surface area contributed by atoms with Crippen molar-refractivity contribution in [2.45, 2.75) is 168 Å². The van der Waals surface area contributed by atoms with Gasteiger partial charge in [0.15, 0.2) is 34.5 Å². The molecular formula is C79H95NO18. The molecule has 0 aromatic heterocycles. The van der Waals surface area contributed by atoms with Crippen molar-refractivity contribution in [1.82, 2.24) is 4.90 Å². The highest BCUT2D eigenvalue weighted by molar-refractivity contribution is 5.97. The minimum Gasteiger partial charge on any atom is -0.493 e. The third-order valence-corrected chi connectivity index (χ3v) is 15.1. The summed E-state index contributed by atoms with van der Waals surface area (Å²) < 4.78 is 55.6. The van der Waals surface area contributed by atoms with E-state index in [-0.39, 0.29) is 57.2 Å². The number of nitrogens with zero attached hydrogens (tertiary/aromatic N) is 1. The van der Waals surface area contributed by atoms with E-state index < -0.39 is 64.6 Å². The Morgan fingerprint density at radius 2 is 0.796 bits per heavy atom. The molecule has 7 aromatic carbocycles. The van der Waals surface area contributed by atoms with Crippen LogP contribution in [0.5, 0.6) is 34.5 Å². The van der Waals surface area contributed by atoms with Gasteiger partial charge in [-0.1, -0.05) is 140 Å². The summed E-state index contributed by atoms with van der Waals surface area (Å²) in [6.45, 7) is 17.4. The molecular weight excluding hydrogens is 1250 g/mol. The van der Waals surface area contributed by atoms with Gasteiger partial charge in [-0.3, -0.25) is 24.0 Å².